The Labute approximate surface area is 248 Å². The maximum Gasteiger partial charge on any atom is 0.502 e. The predicted octanol–water partition coefficient (Wildman–Crippen LogP) is 5.76. The van der Waals surface area contributed by atoms with Crippen LogP contribution in [0.1, 0.15) is 96.6 Å². The number of phosphoric ester groups is 1. The summed E-state index contributed by atoms with van der Waals surface area (Å²) in [6.45, 7) is -0.378. The number of nitrogens with one attached hydrogen (secondary N) is 1. The quantitative estimate of drug-likeness (QED) is 0.0471. The first-order chi connectivity index (χ1) is 20.6. The van der Waals surface area contributed by atoms with Crippen molar-refractivity contribution < 1.29 is 50.6 Å². The largest absolute Gasteiger partial charge is 0.502 e. The fourth-order valence-corrected chi connectivity index (χ4v) is 5.58. The van der Waals surface area contributed by atoms with Gasteiger partial charge in [0.15, 0.2) is 6.17 Å². The maximum absolute atomic E-state index is 14.3. The molecule has 11 nitrogen and oxygen atoms in total. The standard InChI is InChI=1S/C27H45F4N2O9P/c1-2-39-43(37,40-19-24-23(34)16-25(41-24)33-17-21(30)26(35)32-27(33)36)42-38-18-22(31)20(29)14-12-10-8-6-4-3-5-7-9-11-13-15-28/h17,20,22-25,34H,2-16,18-19H2,1H3,(H,32,35,36). The van der Waals surface area contributed by atoms with Crippen LogP contribution in [0.15, 0.2) is 15.8 Å². The van der Waals surface area contributed by atoms with E-state index in [4.69, 9.17) is 13.8 Å². The third-order valence-electron chi connectivity index (χ3n) is 7.00. The molecular weight excluding hydrogens is 603 g/mol. The molecule has 0 radical (unpaired) electrons. The van der Waals surface area contributed by atoms with Gasteiger partial charge in [-0.05, 0) is 19.8 Å². The van der Waals surface area contributed by atoms with Crippen LogP contribution in [0.3, 0.4) is 0 Å². The molecule has 43 heavy (non-hydrogen) atoms. The summed E-state index contributed by atoms with van der Waals surface area (Å²) in [5.41, 5.74) is -2.17. The van der Waals surface area contributed by atoms with Gasteiger partial charge >= 0.3 is 13.5 Å². The minimum absolute atomic E-state index is 0.000911. The molecule has 0 saturated carbocycles. The van der Waals surface area contributed by atoms with Crippen LogP contribution < -0.4 is 11.2 Å². The molecule has 6 unspecified atom stereocenters. The van der Waals surface area contributed by atoms with Crippen molar-refractivity contribution in [3.8, 4) is 0 Å². The van der Waals surface area contributed by atoms with E-state index in [1.54, 1.807) is 4.98 Å². The van der Waals surface area contributed by atoms with Gasteiger partial charge < -0.3 is 9.84 Å². The molecule has 2 N–H and O–H groups in total. The van der Waals surface area contributed by atoms with Crippen molar-refractivity contribution in [2.45, 2.75) is 121 Å². The summed E-state index contributed by atoms with van der Waals surface area (Å²) >= 11 is 0. The minimum Gasteiger partial charge on any atom is -0.390 e. The number of aromatic nitrogens is 2. The number of unbranched alkanes of at least 4 members (excludes halogenated alkanes) is 10. The zero-order chi connectivity index (χ0) is 31.7. The Bertz CT molecular complexity index is 1080. The number of aliphatic hydroxyl groups is 1. The number of phosphoric acid groups is 1. The van der Waals surface area contributed by atoms with Gasteiger partial charge in [0.25, 0.3) is 5.56 Å². The predicted molar refractivity (Wildman–Crippen MR) is 149 cm³/mol. The monoisotopic (exact) mass is 648 g/mol. The molecule has 2 rings (SSSR count). The van der Waals surface area contributed by atoms with Crippen LogP contribution >= 0.6 is 7.82 Å². The first-order valence-electron chi connectivity index (χ1n) is 15.0. The Morgan fingerprint density at radius 2 is 1.63 bits per heavy atom. The second kappa shape index (κ2) is 20.4. The Morgan fingerprint density at radius 1 is 1.02 bits per heavy atom. The van der Waals surface area contributed by atoms with Crippen LogP contribution in [0.4, 0.5) is 17.6 Å². The lowest BCUT2D eigenvalue weighted by atomic mass is 10.0. The molecule has 0 bridgehead atoms. The van der Waals surface area contributed by atoms with Gasteiger partial charge in [-0.3, -0.25) is 27.8 Å². The van der Waals surface area contributed by atoms with Crippen LogP contribution in [0.2, 0.25) is 0 Å². The topological polar surface area (TPSA) is 138 Å². The molecule has 1 aliphatic rings. The van der Waals surface area contributed by atoms with E-state index in [1.807, 2.05) is 0 Å². The molecule has 0 aliphatic carbocycles. The molecule has 6 atom stereocenters. The van der Waals surface area contributed by atoms with Gasteiger partial charge in [-0.2, -0.15) is 4.39 Å². The molecule has 1 aromatic rings. The molecule has 16 heteroatoms. The molecular formula is C27H45F4N2O9P. The number of nitrogens with zero attached hydrogens (tertiary/aromatic N) is 1. The summed E-state index contributed by atoms with van der Waals surface area (Å²) in [6.07, 6.45) is 3.38. The average molecular weight is 649 g/mol. The van der Waals surface area contributed by atoms with E-state index >= 15 is 0 Å². The van der Waals surface area contributed by atoms with E-state index in [9.17, 15) is 36.8 Å². The number of hydrogen-bond acceptors (Lipinski definition) is 9. The fraction of sp³-hybridized carbons (Fsp3) is 0.852. The van der Waals surface area contributed by atoms with E-state index in [-0.39, 0.29) is 26.1 Å². The van der Waals surface area contributed by atoms with Crippen molar-refractivity contribution in [1.82, 2.24) is 9.55 Å². The highest BCUT2D eigenvalue weighted by molar-refractivity contribution is 7.48. The van der Waals surface area contributed by atoms with Crippen LogP contribution in [0.25, 0.3) is 0 Å². The zero-order valence-electron chi connectivity index (χ0n) is 24.6. The summed E-state index contributed by atoms with van der Waals surface area (Å²) in [7, 11) is -4.44. The number of ether oxygens (including phenoxy) is 1. The second-order valence-corrected chi connectivity index (χ2v) is 12.1. The van der Waals surface area contributed by atoms with E-state index in [1.165, 1.54) is 6.92 Å². The average Bonchev–Trinajstić information content (AvgIpc) is 3.34. The summed E-state index contributed by atoms with van der Waals surface area (Å²) in [4.78, 5) is 29.6. The third-order valence-corrected chi connectivity index (χ3v) is 8.33. The van der Waals surface area contributed by atoms with Crippen LogP contribution in [-0.4, -0.2) is 65.7 Å². The highest BCUT2D eigenvalue weighted by Crippen LogP contribution is 2.50. The number of aromatic amines is 1. The maximum atomic E-state index is 14.3. The summed E-state index contributed by atoms with van der Waals surface area (Å²) in [6, 6.07) is 0. The molecule has 1 saturated heterocycles. The first-order valence-corrected chi connectivity index (χ1v) is 16.4. The lowest BCUT2D eigenvalue weighted by Gasteiger charge is -2.20. The minimum atomic E-state index is -4.44. The van der Waals surface area contributed by atoms with Gasteiger partial charge in [-0.25, -0.2) is 23.0 Å². The van der Waals surface area contributed by atoms with E-state index in [2.05, 4.69) is 9.56 Å². The zero-order valence-corrected chi connectivity index (χ0v) is 25.5. The lowest BCUT2D eigenvalue weighted by molar-refractivity contribution is -0.240. The molecule has 0 spiro atoms. The van der Waals surface area contributed by atoms with Crippen LogP contribution in [0, 0.1) is 5.82 Å². The fourth-order valence-electron chi connectivity index (χ4n) is 4.58. The number of H-pyrrole nitrogens is 1. The van der Waals surface area contributed by atoms with Crippen molar-refractivity contribution in [3.05, 3.63) is 32.9 Å². The van der Waals surface area contributed by atoms with E-state index in [0.717, 1.165) is 62.4 Å². The number of aliphatic hydroxyl groups excluding tert-OH is 1. The first kappa shape index (κ1) is 37.6. The van der Waals surface area contributed by atoms with Gasteiger partial charge in [-0.1, -0.05) is 64.2 Å². The molecule has 0 aromatic carbocycles. The summed E-state index contributed by atoms with van der Waals surface area (Å²) in [5.74, 6) is -1.23. The van der Waals surface area contributed by atoms with E-state index in [0.29, 0.717) is 19.0 Å². The number of halogens is 4. The second-order valence-electron chi connectivity index (χ2n) is 10.5. The molecule has 1 fully saturated rings. The van der Waals surface area contributed by atoms with Gasteiger partial charge in [0.1, 0.15) is 25.1 Å². The van der Waals surface area contributed by atoms with Crippen molar-refractivity contribution in [2.75, 3.05) is 26.5 Å². The van der Waals surface area contributed by atoms with Crippen molar-refractivity contribution in [3.63, 3.8) is 0 Å². The Hall–Kier alpha value is -1.61. The van der Waals surface area contributed by atoms with Gasteiger partial charge in [0, 0.05) is 6.42 Å². The van der Waals surface area contributed by atoms with Crippen molar-refractivity contribution in [2.24, 2.45) is 0 Å². The molecule has 2 heterocycles. The normalized spacial score (nSPS) is 21.6. The third kappa shape index (κ3) is 13.9. The summed E-state index contributed by atoms with van der Waals surface area (Å²) in [5, 5.41) is 10.3. The molecule has 250 valence electrons. The van der Waals surface area contributed by atoms with Gasteiger partial charge in [0.2, 0.25) is 5.82 Å². The van der Waals surface area contributed by atoms with Crippen LogP contribution in [-0.2, 0) is 27.9 Å². The van der Waals surface area contributed by atoms with Crippen LogP contribution in [0.5, 0.6) is 0 Å². The summed E-state index contributed by atoms with van der Waals surface area (Å²) < 4.78 is 87.9. The number of hydrogen-bond donors (Lipinski definition) is 2. The smallest absolute Gasteiger partial charge is 0.390 e. The van der Waals surface area contributed by atoms with Crippen molar-refractivity contribution in [1.29, 1.82) is 0 Å². The molecule has 1 aromatic heterocycles. The Morgan fingerprint density at radius 3 is 2.23 bits per heavy atom. The molecule has 1 aliphatic heterocycles. The number of alkyl halides is 3. The SMILES string of the molecule is CCOP(=O)(OCC1OC(n2cc(F)c(=O)[nH]c2=O)CC1O)OOCC(F)C(F)CCCCCCCCCCCCCF. The van der Waals surface area contributed by atoms with Gasteiger partial charge in [-0.15, -0.1) is 4.67 Å². The Balaban J connectivity index is 1.65. The van der Waals surface area contributed by atoms with Crippen molar-refractivity contribution >= 4 is 7.82 Å². The highest BCUT2D eigenvalue weighted by atomic mass is 31.2. The van der Waals surface area contributed by atoms with Gasteiger partial charge in [0.05, 0.1) is 32.2 Å². The number of rotatable bonds is 24. The molecule has 0 amide bonds. The lowest BCUT2D eigenvalue weighted by Crippen LogP contribution is -2.34. The highest BCUT2D eigenvalue weighted by Gasteiger charge is 2.39. The van der Waals surface area contributed by atoms with E-state index < -0.39 is 68.9 Å². The Kier molecular flexibility index (Phi) is 17.8.